The van der Waals surface area contributed by atoms with Gasteiger partial charge >= 0.3 is 0 Å². The fourth-order valence-electron chi connectivity index (χ4n) is 9.42. The van der Waals surface area contributed by atoms with Crippen molar-refractivity contribution in [3.63, 3.8) is 0 Å². The third kappa shape index (κ3) is 7.06. The van der Waals surface area contributed by atoms with Gasteiger partial charge in [0.1, 0.15) is 0 Å². The molecule has 0 unspecified atom stereocenters. The average molecular weight is 802 g/mol. The number of hydrogen-bond donors (Lipinski definition) is 0. The largest absolute Gasteiger partial charge is 0.309 e. The van der Waals surface area contributed by atoms with Crippen LogP contribution in [0.5, 0.6) is 0 Å². The van der Waals surface area contributed by atoms with Crippen molar-refractivity contribution in [2.75, 3.05) is 4.90 Å². The molecule has 63 heavy (non-hydrogen) atoms. The second-order valence-corrected chi connectivity index (χ2v) is 16.0. The second kappa shape index (κ2) is 16.7. The van der Waals surface area contributed by atoms with Gasteiger partial charge in [0, 0.05) is 22.2 Å². The Bertz CT molecular complexity index is 3230. The summed E-state index contributed by atoms with van der Waals surface area (Å²) in [6, 6.07) is 94.9. The third-order valence-corrected chi connectivity index (χ3v) is 12.2. The molecule has 0 radical (unpaired) electrons. The highest BCUT2D eigenvalue weighted by Gasteiger charge is 2.27. The van der Waals surface area contributed by atoms with Gasteiger partial charge in [-0.3, -0.25) is 0 Å². The SMILES string of the molecule is c1ccc(-c2cc(-c3ccccc3)cc(N(c3c(-c4ccccc4)cccc3-c3ccccc3)c3cccc4c(-c5ccccc5)c(-c5ccccc5)c5ccccc5c34)c2)cc1. The highest BCUT2D eigenvalue weighted by molar-refractivity contribution is 6.26. The van der Waals surface area contributed by atoms with Gasteiger partial charge in [0.2, 0.25) is 0 Å². The van der Waals surface area contributed by atoms with Gasteiger partial charge in [-0.25, -0.2) is 0 Å². The van der Waals surface area contributed by atoms with Gasteiger partial charge in [-0.05, 0) is 96.1 Å². The Morgan fingerprint density at radius 1 is 0.238 bits per heavy atom. The van der Waals surface area contributed by atoms with Crippen molar-refractivity contribution in [1.29, 1.82) is 0 Å². The Kier molecular flexibility index (Phi) is 9.97. The molecule has 0 heterocycles. The maximum absolute atomic E-state index is 2.56. The zero-order chi connectivity index (χ0) is 42.0. The molecular formula is C62H43N. The third-order valence-electron chi connectivity index (χ3n) is 12.2. The van der Waals surface area contributed by atoms with E-state index in [0.717, 1.165) is 50.4 Å². The molecule has 0 aliphatic carbocycles. The van der Waals surface area contributed by atoms with E-state index in [4.69, 9.17) is 0 Å². The number of hydrogen-bond acceptors (Lipinski definition) is 1. The molecular weight excluding hydrogens is 759 g/mol. The lowest BCUT2D eigenvalue weighted by Gasteiger charge is -2.33. The standard InChI is InChI=1S/C62H43N/c1-7-23-44(24-8-1)50-41-51(45-25-9-2-10-26-45)43-52(42-50)63(62-53(46-27-11-3-12-28-46)37-21-38-54(62)47-29-13-4-14-30-47)58-40-22-39-57-60(49-33-17-6-18-34-49)59(48-31-15-5-16-32-48)55-35-19-20-36-56(55)61(57)58/h1-43H. The minimum atomic E-state index is 1.07. The quantitative estimate of drug-likeness (QED) is 0.131. The van der Waals surface area contributed by atoms with E-state index in [1.807, 2.05) is 0 Å². The predicted molar refractivity (Wildman–Crippen MR) is 269 cm³/mol. The Hall–Kier alpha value is -8.26. The Labute approximate surface area is 369 Å². The first kappa shape index (κ1) is 37.7. The van der Waals surface area contributed by atoms with Crippen molar-refractivity contribution in [1.82, 2.24) is 0 Å². The molecule has 0 fully saturated rings. The minimum absolute atomic E-state index is 1.07. The molecule has 0 atom stereocenters. The van der Waals surface area contributed by atoms with E-state index in [1.54, 1.807) is 0 Å². The summed E-state index contributed by atoms with van der Waals surface area (Å²) in [4.78, 5) is 2.56. The van der Waals surface area contributed by atoms with Crippen LogP contribution in [0.1, 0.15) is 0 Å². The molecule has 296 valence electrons. The van der Waals surface area contributed by atoms with Crippen LogP contribution >= 0.6 is 0 Å². The molecule has 1 nitrogen and oxygen atoms in total. The molecule has 0 saturated heterocycles. The van der Waals surface area contributed by atoms with Crippen molar-refractivity contribution in [3.05, 3.63) is 261 Å². The van der Waals surface area contributed by atoms with Crippen LogP contribution < -0.4 is 4.90 Å². The highest BCUT2D eigenvalue weighted by Crippen LogP contribution is 2.53. The maximum Gasteiger partial charge on any atom is 0.0618 e. The minimum Gasteiger partial charge on any atom is -0.309 e. The molecule has 11 aromatic rings. The molecule has 0 N–H and O–H groups in total. The van der Waals surface area contributed by atoms with Crippen LogP contribution in [-0.4, -0.2) is 0 Å². The van der Waals surface area contributed by atoms with Gasteiger partial charge in [-0.1, -0.05) is 237 Å². The fourth-order valence-corrected chi connectivity index (χ4v) is 9.42. The van der Waals surface area contributed by atoms with Gasteiger partial charge in [0.15, 0.2) is 0 Å². The lowest BCUT2D eigenvalue weighted by Crippen LogP contribution is -2.14. The van der Waals surface area contributed by atoms with E-state index in [2.05, 4.69) is 266 Å². The van der Waals surface area contributed by atoms with Crippen LogP contribution in [0.25, 0.3) is 88.3 Å². The van der Waals surface area contributed by atoms with Crippen LogP contribution in [0, 0.1) is 0 Å². The maximum atomic E-state index is 2.56. The summed E-state index contributed by atoms with van der Waals surface area (Å²) in [5.74, 6) is 0. The summed E-state index contributed by atoms with van der Waals surface area (Å²) in [5, 5.41) is 4.81. The van der Waals surface area contributed by atoms with Crippen LogP contribution in [0.3, 0.4) is 0 Å². The van der Waals surface area contributed by atoms with Crippen LogP contribution in [0.15, 0.2) is 261 Å². The van der Waals surface area contributed by atoms with Gasteiger partial charge in [0.05, 0.1) is 11.4 Å². The van der Waals surface area contributed by atoms with Crippen LogP contribution in [0.2, 0.25) is 0 Å². The molecule has 0 spiro atoms. The second-order valence-electron chi connectivity index (χ2n) is 16.0. The van der Waals surface area contributed by atoms with Crippen molar-refractivity contribution in [2.45, 2.75) is 0 Å². The van der Waals surface area contributed by atoms with E-state index >= 15 is 0 Å². The first-order valence-electron chi connectivity index (χ1n) is 21.7. The first-order chi connectivity index (χ1) is 31.3. The molecule has 1 heteroatoms. The van der Waals surface area contributed by atoms with Gasteiger partial charge < -0.3 is 4.90 Å². The molecule has 0 saturated carbocycles. The first-order valence-corrected chi connectivity index (χ1v) is 21.7. The summed E-state index contributed by atoms with van der Waals surface area (Å²) in [6.07, 6.45) is 0. The topological polar surface area (TPSA) is 3.24 Å². The molecule has 0 bridgehead atoms. The van der Waals surface area contributed by atoms with Gasteiger partial charge in [-0.2, -0.15) is 0 Å². The zero-order valence-electron chi connectivity index (χ0n) is 34.8. The average Bonchev–Trinajstić information content (AvgIpc) is 3.37. The monoisotopic (exact) mass is 801 g/mol. The highest BCUT2D eigenvalue weighted by atomic mass is 15.1. The van der Waals surface area contributed by atoms with Crippen LogP contribution in [-0.2, 0) is 0 Å². The summed E-state index contributed by atoms with van der Waals surface area (Å²) in [6.45, 7) is 0. The van der Waals surface area contributed by atoms with E-state index < -0.39 is 0 Å². The summed E-state index contributed by atoms with van der Waals surface area (Å²) >= 11 is 0. The van der Waals surface area contributed by atoms with E-state index in [-0.39, 0.29) is 0 Å². The number of para-hydroxylation sites is 1. The van der Waals surface area contributed by atoms with Crippen molar-refractivity contribution < 1.29 is 0 Å². The number of anilines is 3. The normalized spacial score (nSPS) is 11.2. The number of fused-ring (bicyclic) bond motifs is 3. The molecule has 0 aromatic heterocycles. The molecule has 0 amide bonds. The summed E-state index contributed by atoms with van der Waals surface area (Å²) in [7, 11) is 0. The van der Waals surface area contributed by atoms with Crippen LogP contribution in [0.4, 0.5) is 17.1 Å². The number of rotatable bonds is 9. The van der Waals surface area contributed by atoms with Crippen molar-refractivity contribution in [3.8, 4) is 66.8 Å². The number of benzene rings is 11. The van der Waals surface area contributed by atoms with E-state index in [9.17, 15) is 0 Å². The Morgan fingerprint density at radius 2 is 0.603 bits per heavy atom. The molecule has 11 rings (SSSR count). The smallest absolute Gasteiger partial charge is 0.0618 e. The van der Waals surface area contributed by atoms with Gasteiger partial charge in [0.25, 0.3) is 0 Å². The van der Waals surface area contributed by atoms with Gasteiger partial charge in [-0.15, -0.1) is 0 Å². The molecule has 11 aromatic carbocycles. The fraction of sp³-hybridized carbons (Fsp3) is 0. The lowest BCUT2D eigenvalue weighted by atomic mass is 9.84. The van der Waals surface area contributed by atoms with Crippen molar-refractivity contribution in [2.24, 2.45) is 0 Å². The Balaban J connectivity index is 1.33. The lowest BCUT2D eigenvalue weighted by molar-refractivity contribution is 1.30. The van der Waals surface area contributed by atoms with E-state index in [1.165, 1.54) is 54.9 Å². The van der Waals surface area contributed by atoms with E-state index in [0.29, 0.717) is 0 Å². The number of nitrogens with zero attached hydrogens (tertiary/aromatic N) is 1. The molecule has 0 aliphatic rings. The summed E-state index contributed by atoms with van der Waals surface area (Å²) < 4.78 is 0. The van der Waals surface area contributed by atoms with Crippen molar-refractivity contribution >= 4 is 38.6 Å². The Morgan fingerprint density at radius 3 is 1.08 bits per heavy atom. The zero-order valence-corrected chi connectivity index (χ0v) is 34.8. The summed E-state index contributed by atoms with van der Waals surface area (Å²) in [5.41, 5.74) is 17.4. The predicted octanol–water partition coefficient (Wildman–Crippen LogP) is 17.5. The molecule has 0 aliphatic heterocycles.